The van der Waals surface area contributed by atoms with Gasteiger partial charge in [0.15, 0.2) is 22.7 Å². The van der Waals surface area contributed by atoms with Crippen molar-refractivity contribution in [2.45, 2.75) is 36.9 Å². The lowest BCUT2D eigenvalue weighted by Gasteiger charge is -2.54. The highest BCUT2D eigenvalue weighted by atomic mass is 16.7. The Hall–Kier alpha value is -3.56. The number of hydrogen-bond acceptors (Lipinski definition) is 11. The van der Waals surface area contributed by atoms with Crippen LogP contribution in [0, 0.1) is 56.2 Å². The van der Waals surface area contributed by atoms with Gasteiger partial charge in [0, 0.05) is 19.3 Å². The fourth-order valence-corrected chi connectivity index (χ4v) is 6.10. The van der Waals surface area contributed by atoms with Crippen LogP contribution in [0.15, 0.2) is 12.1 Å². The molecule has 1 aromatic carbocycles. The highest BCUT2D eigenvalue weighted by molar-refractivity contribution is 5.89. The normalized spacial score (nSPS) is 33.5. The number of nitrogens with one attached hydrogen (secondary N) is 1. The Morgan fingerprint density at radius 3 is 2.09 bits per heavy atom. The van der Waals surface area contributed by atoms with E-state index in [1.165, 1.54) is 21.3 Å². The van der Waals surface area contributed by atoms with E-state index in [4.69, 9.17) is 38.6 Å². The smallest absolute Gasteiger partial charge is 0.218 e. The van der Waals surface area contributed by atoms with Crippen LogP contribution >= 0.6 is 0 Å². The molecule has 1 saturated carbocycles. The maximum atomic E-state index is 10.6. The third kappa shape index (κ3) is 2.70. The molecular formula is C24H24N4O7. The Balaban J connectivity index is 1.73. The maximum Gasteiger partial charge on any atom is 0.218 e. The fraction of sp³-hybridized carbons (Fsp3) is 0.583. The van der Waals surface area contributed by atoms with Gasteiger partial charge in [0.2, 0.25) is 22.8 Å². The molecule has 3 saturated heterocycles. The van der Waals surface area contributed by atoms with Crippen LogP contribution in [-0.2, 0) is 18.9 Å². The molecule has 0 aromatic heterocycles. The molecule has 1 aromatic rings. The van der Waals surface area contributed by atoms with Crippen LogP contribution in [-0.4, -0.2) is 52.0 Å². The zero-order valence-corrected chi connectivity index (χ0v) is 19.5. The van der Waals surface area contributed by atoms with Crippen molar-refractivity contribution in [1.29, 1.82) is 21.2 Å². The number of rotatable bonds is 4. The highest BCUT2D eigenvalue weighted by Gasteiger charge is 2.82. The van der Waals surface area contributed by atoms with E-state index in [1.807, 2.05) is 0 Å². The van der Waals surface area contributed by atoms with Crippen molar-refractivity contribution in [3.8, 4) is 35.5 Å². The van der Waals surface area contributed by atoms with Gasteiger partial charge in [0.05, 0.1) is 58.7 Å². The zero-order chi connectivity index (χ0) is 25.1. The monoisotopic (exact) mass is 480 g/mol. The summed E-state index contributed by atoms with van der Waals surface area (Å²) in [6.45, 7) is 0.794. The minimum absolute atomic E-state index is 0.149. The van der Waals surface area contributed by atoms with Crippen LogP contribution in [0.1, 0.15) is 30.9 Å². The zero-order valence-electron chi connectivity index (χ0n) is 19.5. The first-order valence-corrected chi connectivity index (χ1v) is 11.1. The van der Waals surface area contributed by atoms with Gasteiger partial charge in [-0.15, -0.1) is 0 Å². The molecule has 4 atom stereocenters. The lowest BCUT2D eigenvalue weighted by Crippen LogP contribution is -2.63. The number of nitrogens with zero attached hydrogens (tertiary/aromatic N) is 3. The van der Waals surface area contributed by atoms with Gasteiger partial charge >= 0.3 is 0 Å². The summed E-state index contributed by atoms with van der Waals surface area (Å²) in [5, 5.41) is 40.3. The quantitative estimate of drug-likeness (QED) is 0.678. The average Bonchev–Trinajstić information content (AvgIpc) is 3.41. The van der Waals surface area contributed by atoms with Crippen molar-refractivity contribution in [1.82, 2.24) is 0 Å². The molecule has 4 unspecified atom stereocenters. The Morgan fingerprint density at radius 1 is 0.943 bits per heavy atom. The molecule has 11 nitrogen and oxygen atoms in total. The second-order valence-electron chi connectivity index (χ2n) is 9.02. The third-order valence-corrected chi connectivity index (χ3v) is 7.72. The molecule has 4 fully saturated rings. The molecule has 3 aliphatic heterocycles. The lowest BCUT2D eigenvalue weighted by molar-refractivity contribution is -0.330. The van der Waals surface area contributed by atoms with Gasteiger partial charge in [-0.05, 0) is 17.7 Å². The summed E-state index contributed by atoms with van der Waals surface area (Å²) >= 11 is 0. The Bertz CT molecular complexity index is 1170. The molecule has 1 spiro atoms. The first-order chi connectivity index (χ1) is 16.8. The molecule has 1 aliphatic carbocycles. The lowest BCUT2D eigenvalue weighted by atomic mass is 9.51. The maximum absolute atomic E-state index is 10.6. The number of ether oxygens (including phenoxy) is 7. The van der Waals surface area contributed by atoms with E-state index < -0.39 is 40.3 Å². The van der Waals surface area contributed by atoms with Gasteiger partial charge in [-0.25, -0.2) is 0 Å². The largest absolute Gasteiger partial charge is 0.493 e. The SMILES string of the molecule is COc1cc(C2OC34CCC5(CC3C(C#N)(C(=N)O4)C2(C#N)C#N)OCCO5)cc(OC)c1OC. The molecule has 4 aliphatic rings. The molecule has 5 rings (SSSR count). The van der Waals surface area contributed by atoms with Crippen molar-refractivity contribution >= 4 is 5.90 Å². The summed E-state index contributed by atoms with van der Waals surface area (Å²) in [5.41, 5.74) is -3.71. The van der Waals surface area contributed by atoms with Gasteiger partial charge in [0.25, 0.3) is 0 Å². The Kier molecular flexibility index (Phi) is 5.12. The first-order valence-electron chi connectivity index (χ1n) is 11.1. The molecule has 1 N–H and O–H groups in total. The van der Waals surface area contributed by atoms with Crippen LogP contribution in [0.25, 0.3) is 0 Å². The molecule has 3 heterocycles. The van der Waals surface area contributed by atoms with E-state index in [2.05, 4.69) is 18.2 Å². The van der Waals surface area contributed by atoms with Gasteiger partial charge < -0.3 is 33.2 Å². The number of hydrogen-bond donors (Lipinski definition) is 1. The van der Waals surface area contributed by atoms with Crippen LogP contribution in [0.3, 0.4) is 0 Å². The Labute approximate surface area is 202 Å². The predicted molar refractivity (Wildman–Crippen MR) is 115 cm³/mol. The summed E-state index contributed by atoms with van der Waals surface area (Å²) < 4.78 is 40.6. The molecule has 11 heteroatoms. The molecular weight excluding hydrogens is 456 g/mol. The minimum Gasteiger partial charge on any atom is -0.493 e. The van der Waals surface area contributed by atoms with E-state index in [0.29, 0.717) is 42.4 Å². The van der Waals surface area contributed by atoms with Crippen LogP contribution < -0.4 is 14.2 Å². The second-order valence-corrected chi connectivity index (χ2v) is 9.02. The molecule has 0 amide bonds. The first kappa shape index (κ1) is 23.2. The molecule has 182 valence electrons. The average molecular weight is 480 g/mol. The fourth-order valence-electron chi connectivity index (χ4n) is 6.10. The molecule has 35 heavy (non-hydrogen) atoms. The van der Waals surface area contributed by atoms with Crippen molar-refractivity contribution < 1.29 is 33.2 Å². The highest BCUT2D eigenvalue weighted by Crippen LogP contribution is 2.71. The summed E-state index contributed by atoms with van der Waals surface area (Å²) in [6, 6.07) is 9.42. The topological polar surface area (TPSA) is 160 Å². The second kappa shape index (κ2) is 7.73. The number of methoxy groups -OCH3 is 3. The van der Waals surface area contributed by atoms with E-state index in [0.717, 1.165) is 0 Å². The van der Waals surface area contributed by atoms with Gasteiger partial charge in [-0.2, -0.15) is 15.8 Å². The van der Waals surface area contributed by atoms with E-state index in [1.54, 1.807) is 12.1 Å². The van der Waals surface area contributed by atoms with Crippen molar-refractivity contribution in [2.24, 2.45) is 16.7 Å². The van der Waals surface area contributed by atoms with Crippen molar-refractivity contribution in [2.75, 3.05) is 34.5 Å². The van der Waals surface area contributed by atoms with Crippen LogP contribution in [0.2, 0.25) is 0 Å². The van der Waals surface area contributed by atoms with Crippen LogP contribution in [0.4, 0.5) is 0 Å². The molecule has 2 bridgehead atoms. The van der Waals surface area contributed by atoms with E-state index in [9.17, 15) is 15.8 Å². The van der Waals surface area contributed by atoms with E-state index >= 15 is 0 Å². The Morgan fingerprint density at radius 2 is 1.57 bits per heavy atom. The third-order valence-electron chi connectivity index (χ3n) is 7.72. The molecule has 0 radical (unpaired) electrons. The van der Waals surface area contributed by atoms with Gasteiger partial charge in [-0.3, -0.25) is 5.41 Å². The van der Waals surface area contributed by atoms with Gasteiger partial charge in [0.1, 0.15) is 6.10 Å². The van der Waals surface area contributed by atoms with Crippen molar-refractivity contribution in [3.05, 3.63) is 17.7 Å². The van der Waals surface area contributed by atoms with Crippen molar-refractivity contribution in [3.63, 3.8) is 0 Å². The summed E-state index contributed by atoms with van der Waals surface area (Å²) in [5.74, 6) is -2.77. The summed E-state index contributed by atoms with van der Waals surface area (Å²) in [7, 11) is 4.35. The van der Waals surface area contributed by atoms with E-state index in [-0.39, 0.29) is 12.8 Å². The van der Waals surface area contributed by atoms with Gasteiger partial charge in [-0.1, -0.05) is 0 Å². The number of benzene rings is 1. The summed E-state index contributed by atoms with van der Waals surface area (Å²) in [4.78, 5) is 0. The standard InChI is InChI=1S/C24H24N4O7/c1-29-15-8-14(9-16(30-2)18(15)31-3)19-21(11-25,12-26)23(13-27)17-10-22(32-6-7-33-22)4-5-24(17,34-19)35-20(23)28/h8-9,17,19,28H,4-7,10H2,1-3H3. The number of nitriles is 3. The van der Waals surface area contributed by atoms with Crippen LogP contribution in [0.5, 0.6) is 17.2 Å². The predicted octanol–water partition coefficient (Wildman–Crippen LogP) is 2.57. The summed E-state index contributed by atoms with van der Waals surface area (Å²) in [6.07, 6.45) is -0.455. The minimum atomic E-state index is -2.13.